The molecule has 0 saturated carbocycles. The molecule has 0 spiro atoms. The third kappa shape index (κ3) is 5.30. The molecule has 0 aliphatic carbocycles. The fraction of sp³-hybridized carbons (Fsp3) is 0.727. The molecule has 0 amide bonds. The topological polar surface area (TPSA) is 26.3 Å². The number of carbonyl (C=O) groups excluding carboxylic acids is 1. The molecule has 0 rings (SSSR count). The Kier molecular flexibility index (Phi) is 6.05. The van der Waals surface area contributed by atoms with E-state index in [0.717, 1.165) is 12.8 Å². The van der Waals surface area contributed by atoms with Gasteiger partial charge in [0.1, 0.15) is 0 Å². The number of ether oxygens (including phenoxy) is 1. The third-order valence-electron chi connectivity index (χ3n) is 1.69. The number of rotatable bonds is 5. The summed E-state index contributed by atoms with van der Waals surface area (Å²) in [5, 5.41) is 0. The van der Waals surface area contributed by atoms with Crippen LogP contribution in [0.15, 0.2) is 0 Å². The van der Waals surface area contributed by atoms with Gasteiger partial charge < -0.3 is 4.74 Å². The SMILES string of the molecule is C#CCC(CCC)C(=O)OC(C)C. The smallest absolute Gasteiger partial charge is 0.310 e. The van der Waals surface area contributed by atoms with Crippen molar-refractivity contribution in [1.29, 1.82) is 0 Å². The lowest BCUT2D eigenvalue weighted by molar-refractivity contribution is -0.152. The Morgan fingerprint density at radius 3 is 2.54 bits per heavy atom. The second-order valence-electron chi connectivity index (χ2n) is 3.38. The largest absolute Gasteiger partial charge is 0.463 e. The average Bonchev–Trinajstić information content (AvgIpc) is 2.02. The Labute approximate surface area is 80.7 Å². The molecule has 0 fully saturated rings. The summed E-state index contributed by atoms with van der Waals surface area (Å²) in [5.41, 5.74) is 0. The van der Waals surface area contributed by atoms with Gasteiger partial charge in [-0.3, -0.25) is 4.79 Å². The maximum Gasteiger partial charge on any atom is 0.310 e. The lowest BCUT2D eigenvalue weighted by atomic mass is 10.0. The van der Waals surface area contributed by atoms with E-state index in [4.69, 9.17) is 11.2 Å². The molecule has 0 aliphatic heterocycles. The van der Waals surface area contributed by atoms with Crippen LogP contribution in [0.1, 0.15) is 40.0 Å². The molecule has 0 radical (unpaired) electrons. The first-order valence-corrected chi connectivity index (χ1v) is 4.75. The van der Waals surface area contributed by atoms with Gasteiger partial charge in [-0.25, -0.2) is 0 Å². The molecule has 0 saturated heterocycles. The van der Waals surface area contributed by atoms with Crippen molar-refractivity contribution in [1.82, 2.24) is 0 Å². The first kappa shape index (κ1) is 12.0. The van der Waals surface area contributed by atoms with Gasteiger partial charge in [0, 0.05) is 6.42 Å². The van der Waals surface area contributed by atoms with Crippen molar-refractivity contribution < 1.29 is 9.53 Å². The molecule has 0 aliphatic rings. The van der Waals surface area contributed by atoms with Crippen LogP contribution in [0.25, 0.3) is 0 Å². The highest BCUT2D eigenvalue weighted by atomic mass is 16.5. The van der Waals surface area contributed by atoms with Crippen LogP contribution in [0.3, 0.4) is 0 Å². The zero-order valence-corrected chi connectivity index (χ0v) is 8.67. The van der Waals surface area contributed by atoms with Crippen LogP contribution in [-0.2, 0) is 9.53 Å². The quantitative estimate of drug-likeness (QED) is 0.482. The van der Waals surface area contributed by atoms with Crippen LogP contribution in [0.2, 0.25) is 0 Å². The molecular weight excluding hydrogens is 164 g/mol. The van der Waals surface area contributed by atoms with E-state index in [-0.39, 0.29) is 18.0 Å². The first-order chi connectivity index (χ1) is 6.11. The van der Waals surface area contributed by atoms with Crippen molar-refractivity contribution in [3.05, 3.63) is 0 Å². The van der Waals surface area contributed by atoms with E-state index < -0.39 is 0 Å². The van der Waals surface area contributed by atoms with Crippen LogP contribution >= 0.6 is 0 Å². The molecular formula is C11H18O2. The standard InChI is InChI=1S/C11H18O2/c1-5-7-10(8-6-2)11(12)13-9(3)4/h1,9-10H,6-8H2,2-4H3. The summed E-state index contributed by atoms with van der Waals surface area (Å²) in [4.78, 5) is 11.4. The number of hydrogen-bond acceptors (Lipinski definition) is 2. The summed E-state index contributed by atoms with van der Waals surface area (Å²) in [6, 6.07) is 0. The zero-order valence-electron chi connectivity index (χ0n) is 8.67. The maximum absolute atomic E-state index is 11.4. The molecule has 1 atom stereocenters. The van der Waals surface area contributed by atoms with Crippen molar-refractivity contribution in [3.8, 4) is 12.3 Å². The van der Waals surface area contributed by atoms with E-state index in [1.54, 1.807) is 0 Å². The highest BCUT2D eigenvalue weighted by molar-refractivity contribution is 5.72. The van der Waals surface area contributed by atoms with Gasteiger partial charge in [-0.1, -0.05) is 13.3 Å². The van der Waals surface area contributed by atoms with Crippen molar-refractivity contribution in [2.75, 3.05) is 0 Å². The van der Waals surface area contributed by atoms with E-state index in [1.165, 1.54) is 0 Å². The normalized spacial score (nSPS) is 12.2. The first-order valence-electron chi connectivity index (χ1n) is 4.75. The zero-order chi connectivity index (χ0) is 10.3. The monoisotopic (exact) mass is 182 g/mol. The highest BCUT2D eigenvalue weighted by Crippen LogP contribution is 2.13. The molecule has 2 nitrogen and oxygen atoms in total. The van der Waals surface area contributed by atoms with E-state index >= 15 is 0 Å². The summed E-state index contributed by atoms with van der Waals surface area (Å²) in [7, 11) is 0. The summed E-state index contributed by atoms with van der Waals surface area (Å²) >= 11 is 0. The van der Waals surface area contributed by atoms with Gasteiger partial charge >= 0.3 is 5.97 Å². The number of terminal acetylenes is 1. The van der Waals surface area contributed by atoms with E-state index in [2.05, 4.69) is 5.92 Å². The number of esters is 1. The maximum atomic E-state index is 11.4. The van der Waals surface area contributed by atoms with Gasteiger partial charge in [0.25, 0.3) is 0 Å². The molecule has 0 heterocycles. The summed E-state index contributed by atoms with van der Waals surface area (Å²) < 4.78 is 5.08. The second-order valence-corrected chi connectivity index (χ2v) is 3.38. The molecule has 0 N–H and O–H groups in total. The van der Waals surface area contributed by atoms with Gasteiger partial charge in [-0.05, 0) is 20.3 Å². The van der Waals surface area contributed by atoms with Gasteiger partial charge in [-0.2, -0.15) is 0 Å². The molecule has 0 aromatic heterocycles. The molecule has 74 valence electrons. The lowest BCUT2D eigenvalue weighted by Crippen LogP contribution is -2.20. The lowest BCUT2D eigenvalue weighted by Gasteiger charge is -2.14. The minimum absolute atomic E-state index is 0.0513. The van der Waals surface area contributed by atoms with Crippen molar-refractivity contribution in [2.45, 2.75) is 46.1 Å². The van der Waals surface area contributed by atoms with Crippen molar-refractivity contribution in [3.63, 3.8) is 0 Å². The second kappa shape index (κ2) is 6.54. The van der Waals surface area contributed by atoms with Crippen molar-refractivity contribution in [2.24, 2.45) is 5.92 Å². The van der Waals surface area contributed by atoms with E-state index in [0.29, 0.717) is 6.42 Å². The fourth-order valence-electron chi connectivity index (χ4n) is 1.12. The molecule has 0 bridgehead atoms. The fourth-order valence-corrected chi connectivity index (χ4v) is 1.12. The van der Waals surface area contributed by atoms with Crippen LogP contribution in [0.5, 0.6) is 0 Å². The predicted octanol–water partition coefficient (Wildman–Crippen LogP) is 2.38. The van der Waals surface area contributed by atoms with Gasteiger partial charge in [0.15, 0.2) is 0 Å². The molecule has 2 heteroatoms. The number of carbonyl (C=O) groups is 1. The molecule has 13 heavy (non-hydrogen) atoms. The van der Waals surface area contributed by atoms with Gasteiger partial charge in [-0.15, -0.1) is 12.3 Å². The van der Waals surface area contributed by atoms with E-state index in [1.807, 2.05) is 20.8 Å². The van der Waals surface area contributed by atoms with Gasteiger partial charge in [0.05, 0.1) is 12.0 Å². The Morgan fingerprint density at radius 2 is 2.15 bits per heavy atom. The Hall–Kier alpha value is -0.970. The minimum Gasteiger partial charge on any atom is -0.463 e. The summed E-state index contributed by atoms with van der Waals surface area (Å²) in [5.74, 6) is 2.23. The predicted molar refractivity (Wildman–Crippen MR) is 53.1 cm³/mol. The van der Waals surface area contributed by atoms with Crippen molar-refractivity contribution >= 4 is 5.97 Å². The third-order valence-corrected chi connectivity index (χ3v) is 1.69. The Balaban J connectivity index is 4.04. The molecule has 1 unspecified atom stereocenters. The van der Waals surface area contributed by atoms with Crippen LogP contribution in [0.4, 0.5) is 0 Å². The van der Waals surface area contributed by atoms with E-state index in [9.17, 15) is 4.79 Å². The Bertz CT molecular complexity index is 189. The van der Waals surface area contributed by atoms with Crippen LogP contribution < -0.4 is 0 Å². The van der Waals surface area contributed by atoms with Crippen LogP contribution in [-0.4, -0.2) is 12.1 Å². The highest BCUT2D eigenvalue weighted by Gasteiger charge is 2.18. The summed E-state index contributed by atoms with van der Waals surface area (Å²) in [6.45, 7) is 5.72. The minimum atomic E-state index is -0.158. The molecule has 0 aromatic carbocycles. The average molecular weight is 182 g/mol. The van der Waals surface area contributed by atoms with Crippen LogP contribution in [0, 0.1) is 18.3 Å². The number of hydrogen-bond donors (Lipinski definition) is 0. The molecule has 0 aromatic rings. The Morgan fingerprint density at radius 1 is 1.54 bits per heavy atom. The van der Waals surface area contributed by atoms with Gasteiger partial charge in [0.2, 0.25) is 0 Å². The summed E-state index contributed by atoms with van der Waals surface area (Å²) in [6.07, 6.45) is 7.38.